The minimum atomic E-state index is -4.41. The van der Waals surface area contributed by atoms with Crippen molar-refractivity contribution >= 4 is 5.91 Å². The fourth-order valence-electron chi connectivity index (χ4n) is 5.79. The van der Waals surface area contributed by atoms with Gasteiger partial charge in [-0.05, 0) is 68.4 Å². The van der Waals surface area contributed by atoms with E-state index in [2.05, 4.69) is 0 Å². The van der Waals surface area contributed by atoms with Gasteiger partial charge < -0.3 is 10.6 Å². The first kappa shape index (κ1) is 19.7. The average molecular weight is 394 g/mol. The molecule has 3 unspecified atom stereocenters. The van der Waals surface area contributed by atoms with Crippen LogP contribution >= 0.6 is 0 Å². The summed E-state index contributed by atoms with van der Waals surface area (Å²) in [5, 5.41) is 0. The third-order valence-electron chi connectivity index (χ3n) is 7.17. The van der Waals surface area contributed by atoms with E-state index in [1.807, 2.05) is 0 Å². The summed E-state index contributed by atoms with van der Waals surface area (Å²) in [6.07, 6.45) is 2.80. The van der Waals surface area contributed by atoms with Gasteiger partial charge >= 0.3 is 6.18 Å². The number of carbonyl (C=O) groups is 1. The van der Waals surface area contributed by atoms with E-state index in [1.165, 1.54) is 12.5 Å². The van der Waals surface area contributed by atoms with E-state index >= 15 is 0 Å². The summed E-state index contributed by atoms with van der Waals surface area (Å²) in [6.45, 7) is 0.549. The molecule has 1 aromatic carbocycles. The Hall–Kier alpha value is -1.56. The number of nitrogens with two attached hydrogens (primary N) is 1. The number of alkyl halides is 3. The molecule has 3 fully saturated rings. The molecule has 3 nitrogen and oxygen atoms in total. The average Bonchev–Trinajstić information content (AvgIpc) is 2.66. The Morgan fingerprint density at radius 1 is 1.00 bits per heavy atom. The molecule has 1 saturated heterocycles. The van der Waals surface area contributed by atoms with E-state index in [-0.39, 0.29) is 23.4 Å². The summed E-state index contributed by atoms with van der Waals surface area (Å²) in [5.74, 6) is 0.721. The van der Waals surface area contributed by atoms with Gasteiger partial charge in [0, 0.05) is 18.5 Å². The van der Waals surface area contributed by atoms with Crippen molar-refractivity contribution in [1.29, 1.82) is 0 Å². The van der Waals surface area contributed by atoms with Crippen LogP contribution in [0.2, 0.25) is 0 Å². The summed E-state index contributed by atoms with van der Waals surface area (Å²) in [5.41, 5.74) is 6.00. The van der Waals surface area contributed by atoms with E-state index in [0.717, 1.165) is 44.6 Å². The van der Waals surface area contributed by atoms with Gasteiger partial charge in [-0.15, -0.1) is 0 Å². The molecule has 0 spiro atoms. The third-order valence-corrected chi connectivity index (χ3v) is 7.17. The Labute approximate surface area is 164 Å². The fourth-order valence-corrected chi connectivity index (χ4v) is 5.79. The van der Waals surface area contributed by atoms with Gasteiger partial charge in [-0.25, -0.2) is 0 Å². The van der Waals surface area contributed by atoms with Crippen LogP contribution in [0.1, 0.15) is 68.5 Å². The largest absolute Gasteiger partial charge is 0.416 e. The number of hydrogen-bond donors (Lipinski definition) is 1. The number of halogens is 3. The van der Waals surface area contributed by atoms with Gasteiger partial charge in [0.1, 0.15) is 0 Å². The molecule has 4 rings (SSSR count). The number of rotatable bonds is 2. The molecule has 0 radical (unpaired) electrons. The van der Waals surface area contributed by atoms with Gasteiger partial charge in [-0.1, -0.05) is 24.6 Å². The molecule has 6 heteroatoms. The maximum atomic E-state index is 13.6. The molecular formula is C22H29F3N2O. The first-order valence-corrected chi connectivity index (χ1v) is 10.6. The highest BCUT2D eigenvalue weighted by atomic mass is 19.4. The first-order valence-electron chi connectivity index (χ1n) is 10.6. The molecule has 28 heavy (non-hydrogen) atoms. The van der Waals surface area contributed by atoms with Gasteiger partial charge in [0.05, 0.1) is 11.6 Å². The zero-order valence-electron chi connectivity index (χ0n) is 16.1. The first-order chi connectivity index (χ1) is 13.4. The molecule has 2 saturated carbocycles. The number of piperidine rings is 1. The predicted octanol–water partition coefficient (Wildman–Crippen LogP) is 4.91. The van der Waals surface area contributed by atoms with Crippen LogP contribution < -0.4 is 5.73 Å². The summed E-state index contributed by atoms with van der Waals surface area (Å²) in [4.78, 5) is 15.2. The van der Waals surface area contributed by atoms with Crippen LogP contribution in [0, 0.1) is 17.8 Å². The van der Waals surface area contributed by atoms with Gasteiger partial charge in [0.15, 0.2) is 0 Å². The van der Waals surface area contributed by atoms with E-state index in [0.29, 0.717) is 24.8 Å². The van der Waals surface area contributed by atoms with Crippen molar-refractivity contribution in [2.45, 2.75) is 69.6 Å². The minimum Gasteiger partial charge on any atom is -0.335 e. The maximum Gasteiger partial charge on any atom is 0.416 e. The van der Waals surface area contributed by atoms with Gasteiger partial charge in [-0.2, -0.15) is 13.2 Å². The van der Waals surface area contributed by atoms with Crippen molar-refractivity contribution in [3.63, 3.8) is 0 Å². The summed E-state index contributed by atoms with van der Waals surface area (Å²) >= 11 is 0. The standard InChI is InChI=1S/C22H29F3N2O/c23-22(24,25)18-9-2-1-8-17(18)19-10-3-4-11-27(19)21(28)16-12-14-6-5-7-15(13-16)20(14)26/h1-2,8-9,14-16,19-20H,3-7,10-13,26H2. The Morgan fingerprint density at radius 3 is 2.36 bits per heavy atom. The Morgan fingerprint density at radius 2 is 1.68 bits per heavy atom. The second-order valence-electron chi connectivity index (χ2n) is 8.82. The Kier molecular flexibility index (Phi) is 5.43. The lowest BCUT2D eigenvalue weighted by Gasteiger charge is -2.46. The zero-order valence-corrected chi connectivity index (χ0v) is 16.1. The van der Waals surface area contributed by atoms with Crippen molar-refractivity contribution in [1.82, 2.24) is 4.90 Å². The van der Waals surface area contributed by atoms with Gasteiger partial charge in [0.25, 0.3) is 0 Å². The van der Waals surface area contributed by atoms with Crippen LogP contribution in [0.5, 0.6) is 0 Å². The van der Waals surface area contributed by atoms with Gasteiger partial charge in [-0.3, -0.25) is 4.79 Å². The maximum absolute atomic E-state index is 13.6. The normalized spacial score (nSPS) is 33.6. The predicted molar refractivity (Wildman–Crippen MR) is 101 cm³/mol. The van der Waals surface area contributed by atoms with Crippen molar-refractivity contribution in [3.05, 3.63) is 35.4 Å². The molecule has 154 valence electrons. The van der Waals surface area contributed by atoms with E-state index in [1.54, 1.807) is 17.0 Å². The van der Waals surface area contributed by atoms with Crippen LogP contribution in [0.3, 0.4) is 0 Å². The molecule has 2 N–H and O–H groups in total. The number of hydrogen-bond acceptors (Lipinski definition) is 2. The van der Waals surface area contributed by atoms with Crippen LogP contribution in [-0.4, -0.2) is 23.4 Å². The smallest absolute Gasteiger partial charge is 0.335 e. The zero-order chi connectivity index (χ0) is 19.9. The second kappa shape index (κ2) is 7.69. The van der Waals surface area contributed by atoms with E-state index < -0.39 is 17.8 Å². The molecule has 0 aromatic heterocycles. The summed E-state index contributed by atoms with van der Waals surface area (Å²) < 4.78 is 40.7. The highest BCUT2D eigenvalue weighted by molar-refractivity contribution is 5.79. The molecule has 3 aliphatic rings. The lowest BCUT2D eigenvalue weighted by molar-refractivity contribution is -0.145. The molecular weight excluding hydrogens is 365 g/mol. The van der Waals surface area contributed by atoms with Crippen molar-refractivity contribution < 1.29 is 18.0 Å². The Bertz CT molecular complexity index is 706. The van der Waals surface area contributed by atoms with Crippen molar-refractivity contribution in [2.75, 3.05) is 6.54 Å². The highest BCUT2D eigenvalue weighted by Gasteiger charge is 2.44. The van der Waals surface area contributed by atoms with Crippen LogP contribution in [0.15, 0.2) is 24.3 Å². The quantitative estimate of drug-likeness (QED) is 0.774. The van der Waals surface area contributed by atoms with Crippen molar-refractivity contribution in [3.8, 4) is 0 Å². The van der Waals surface area contributed by atoms with E-state index in [9.17, 15) is 18.0 Å². The van der Waals surface area contributed by atoms with Crippen molar-refractivity contribution in [2.24, 2.45) is 23.5 Å². The highest BCUT2D eigenvalue weighted by Crippen LogP contribution is 2.45. The number of amides is 1. The lowest BCUT2D eigenvalue weighted by Crippen LogP contribution is -2.51. The lowest BCUT2D eigenvalue weighted by atomic mass is 9.64. The van der Waals surface area contributed by atoms with Crippen LogP contribution in [0.25, 0.3) is 0 Å². The Balaban J connectivity index is 1.59. The molecule has 2 bridgehead atoms. The fraction of sp³-hybridized carbons (Fsp3) is 0.682. The second-order valence-corrected chi connectivity index (χ2v) is 8.82. The SMILES string of the molecule is NC1C2CCCC1CC(C(=O)N1CCCCC1c1ccccc1C(F)(F)F)C2. The molecule has 2 aliphatic carbocycles. The molecule has 3 atom stereocenters. The summed E-state index contributed by atoms with van der Waals surface area (Å²) in [7, 11) is 0. The van der Waals surface area contributed by atoms with E-state index in [4.69, 9.17) is 5.73 Å². The van der Waals surface area contributed by atoms with Crippen LogP contribution in [0.4, 0.5) is 13.2 Å². The number of fused-ring (bicyclic) bond motifs is 2. The number of likely N-dealkylation sites (tertiary alicyclic amines) is 1. The molecule has 1 aliphatic heterocycles. The third kappa shape index (κ3) is 3.68. The number of carbonyl (C=O) groups excluding carboxylic acids is 1. The number of benzene rings is 1. The number of nitrogens with zero attached hydrogens (tertiary/aromatic N) is 1. The molecule has 1 amide bonds. The topological polar surface area (TPSA) is 46.3 Å². The molecule has 1 heterocycles. The minimum absolute atomic E-state index is 0.0467. The summed E-state index contributed by atoms with van der Waals surface area (Å²) in [6, 6.07) is 5.45. The van der Waals surface area contributed by atoms with Gasteiger partial charge in [0.2, 0.25) is 5.91 Å². The molecule has 1 aromatic rings. The monoisotopic (exact) mass is 394 g/mol. The van der Waals surface area contributed by atoms with Crippen LogP contribution in [-0.2, 0) is 11.0 Å².